The molecule has 2 aromatic rings. The van der Waals surface area contributed by atoms with E-state index in [1.165, 1.54) is 12.3 Å². The average molecular weight is 262 g/mol. The molecule has 18 heavy (non-hydrogen) atoms. The number of rotatable bonds is 3. The van der Waals surface area contributed by atoms with Gasteiger partial charge in [0, 0.05) is 24.2 Å². The molecule has 0 saturated heterocycles. The maximum Gasteiger partial charge on any atom is 0.267 e. The van der Waals surface area contributed by atoms with Gasteiger partial charge >= 0.3 is 0 Å². The molecule has 0 aliphatic carbocycles. The van der Waals surface area contributed by atoms with Crippen LogP contribution in [0.5, 0.6) is 0 Å². The number of hydrogen-bond donors (Lipinski definition) is 1. The molecule has 0 aliphatic heterocycles. The second-order valence-electron chi connectivity index (χ2n) is 3.48. The Morgan fingerprint density at radius 3 is 2.50 bits per heavy atom. The fourth-order valence-electron chi connectivity index (χ4n) is 1.35. The predicted octanol–water partition coefficient (Wildman–Crippen LogP) is 0.375. The number of carbonyl (C=O) groups is 1. The highest BCUT2D eigenvalue weighted by Crippen LogP contribution is 2.17. The van der Waals surface area contributed by atoms with E-state index < -0.39 is 16.7 Å². The summed E-state index contributed by atoms with van der Waals surface area (Å²) >= 11 is 0. The third-order valence-electron chi connectivity index (χ3n) is 2.19. The normalized spacial score (nSPS) is 12.1. The molecule has 0 spiro atoms. The lowest BCUT2D eigenvalue weighted by Gasteiger charge is -2.04. The zero-order valence-electron chi connectivity index (χ0n) is 9.53. The minimum absolute atomic E-state index is 0.0435. The maximum atomic E-state index is 11.4. The summed E-state index contributed by atoms with van der Waals surface area (Å²) in [7, 11) is -1.39. The summed E-state index contributed by atoms with van der Waals surface area (Å²) in [5, 5.41) is 0.0816. The van der Waals surface area contributed by atoms with Gasteiger partial charge in [0.2, 0.25) is 5.16 Å². The summed E-state index contributed by atoms with van der Waals surface area (Å²) in [6.45, 7) is 0. The minimum atomic E-state index is -1.39. The van der Waals surface area contributed by atoms with Gasteiger partial charge in [-0.3, -0.25) is 14.0 Å². The van der Waals surface area contributed by atoms with Gasteiger partial charge in [-0.15, -0.1) is 0 Å². The second-order valence-corrected chi connectivity index (χ2v) is 4.75. The molecule has 1 unspecified atom stereocenters. The summed E-state index contributed by atoms with van der Waals surface area (Å²) in [6.07, 6.45) is 4.64. The SMILES string of the molecule is CS(=O)c1nc(C(N)=O)cc(-c2ccncc2)n1. The number of nitrogens with zero attached hydrogens (tertiary/aromatic N) is 3. The lowest BCUT2D eigenvalue weighted by molar-refractivity contribution is 0.0994. The van der Waals surface area contributed by atoms with Crippen molar-refractivity contribution in [1.82, 2.24) is 15.0 Å². The summed E-state index contributed by atoms with van der Waals surface area (Å²) in [5.41, 5.74) is 6.48. The molecule has 0 bridgehead atoms. The molecule has 7 heteroatoms. The highest BCUT2D eigenvalue weighted by Gasteiger charge is 2.12. The molecular weight excluding hydrogens is 252 g/mol. The Balaban J connectivity index is 2.61. The van der Waals surface area contributed by atoms with Crippen LogP contribution in [-0.2, 0) is 10.8 Å². The quantitative estimate of drug-likeness (QED) is 0.806. The van der Waals surface area contributed by atoms with E-state index in [0.717, 1.165) is 5.56 Å². The molecule has 0 saturated carbocycles. The van der Waals surface area contributed by atoms with Crippen LogP contribution in [0.2, 0.25) is 0 Å². The molecule has 1 atom stereocenters. The van der Waals surface area contributed by atoms with Gasteiger partial charge in [-0.2, -0.15) is 0 Å². The van der Waals surface area contributed by atoms with Crippen LogP contribution >= 0.6 is 0 Å². The molecule has 0 aliphatic rings. The Hall–Kier alpha value is -2.15. The van der Waals surface area contributed by atoms with Crippen LogP contribution in [0.4, 0.5) is 0 Å². The smallest absolute Gasteiger partial charge is 0.267 e. The third kappa shape index (κ3) is 2.57. The fourth-order valence-corrected chi connectivity index (χ4v) is 1.80. The Morgan fingerprint density at radius 2 is 1.94 bits per heavy atom. The van der Waals surface area contributed by atoms with Gasteiger partial charge in [-0.25, -0.2) is 9.97 Å². The predicted molar refractivity (Wildman–Crippen MR) is 66.1 cm³/mol. The van der Waals surface area contributed by atoms with E-state index in [2.05, 4.69) is 15.0 Å². The molecule has 2 aromatic heterocycles. The van der Waals surface area contributed by atoms with Gasteiger partial charge in [-0.05, 0) is 18.2 Å². The highest BCUT2D eigenvalue weighted by molar-refractivity contribution is 7.84. The van der Waals surface area contributed by atoms with Gasteiger partial charge in [0.15, 0.2) is 0 Å². The van der Waals surface area contributed by atoms with E-state index in [4.69, 9.17) is 5.73 Å². The first-order valence-corrected chi connectivity index (χ1v) is 6.56. The zero-order valence-corrected chi connectivity index (χ0v) is 10.3. The topological polar surface area (TPSA) is 98.8 Å². The first kappa shape index (κ1) is 12.3. The van der Waals surface area contributed by atoms with E-state index in [1.54, 1.807) is 24.5 Å². The van der Waals surface area contributed by atoms with Crippen LogP contribution in [0.25, 0.3) is 11.3 Å². The van der Waals surface area contributed by atoms with Crippen LogP contribution in [0.3, 0.4) is 0 Å². The van der Waals surface area contributed by atoms with Crippen molar-refractivity contribution in [2.75, 3.05) is 6.26 Å². The second kappa shape index (κ2) is 5.01. The summed E-state index contributed by atoms with van der Waals surface area (Å²) in [5.74, 6) is -0.681. The number of carbonyl (C=O) groups excluding carboxylic acids is 1. The number of primary amides is 1. The zero-order chi connectivity index (χ0) is 13.1. The summed E-state index contributed by atoms with van der Waals surface area (Å²) < 4.78 is 11.4. The molecule has 2 heterocycles. The van der Waals surface area contributed by atoms with Gasteiger partial charge in [0.1, 0.15) is 5.69 Å². The summed E-state index contributed by atoms with van der Waals surface area (Å²) in [6, 6.07) is 4.93. The lowest BCUT2D eigenvalue weighted by atomic mass is 10.2. The average Bonchev–Trinajstić information content (AvgIpc) is 2.39. The van der Waals surface area contributed by atoms with Gasteiger partial charge in [0.25, 0.3) is 5.91 Å². The van der Waals surface area contributed by atoms with E-state index >= 15 is 0 Å². The third-order valence-corrected chi connectivity index (χ3v) is 2.89. The molecule has 2 rings (SSSR count). The van der Waals surface area contributed by atoms with Crippen molar-refractivity contribution in [3.8, 4) is 11.3 Å². The van der Waals surface area contributed by atoms with Crippen LogP contribution < -0.4 is 5.73 Å². The van der Waals surface area contributed by atoms with E-state index in [9.17, 15) is 9.00 Å². The van der Waals surface area contributed by atoms with Crippen molar-refractivity contribution in [2.45, 2.75) is 5.16 Å². The lowest BCUT2D eigenvalue weighted by Crippen LogP contribution is -2.15. The molecule has 6 nitrogen and oxygen atoms in total. The Labute approximate surface area is 106 Å². The number of pyridine rings is 1. The van der Waals surface area contributed by atoms with Gasteiger partial charge in [-0.1, -0.05) is 0 Å². The van der Waals surface area contributed by atoms with E-state index in [-0.39, 0.29) is 10.9 Å². The van der Waals surface area contributed by atoms with Crippen molar-refractivity contribution in [3.05, 3.63) is 36.3 Å². The fraction of sp³-hybridized carbons (Fsp3) is 0.0909. The van der Waals surface area contributed by atoms with E-state index in [0.29, 0.717) is 5.69 Å². The molecule has 92 valence electrons. The maximum absolute atomic E-state index is 11.4. The standard InChI is InChI=1S/C11H10N4O2S/c1-18(17)11-14-8(6-9(15-11)10(12)16)7-2-4-13-5-3-7/h2-6H,1H3,(H2,12,16). The van der Waals surface area contributed by atoms with Crippen LogP contribution in [0, 0.1) is 0 Å². The van der Waals surface area contributed by atoms with Crippen LogP contribution in [0.15, 0.2) is 35.7 Å². The number of nitrogens with two attached hydrogens (primary N) is 1. The van der Waals surface area contributed by atoms with Crippen molar-refractivity contribution in [2.24, 2.45) is 5.73 Å². The number of amides is 1. The number of aromatic nitrogens is 3. The Morgan fingerprint density at radius 1 is 1.28 bits per heavy atom. The minimum Gasteiger partial charge on any atom is -0.364 e. The van der Waals surface area contributed by atoms with Gasteiger partial charge in [0.05, 0.1) is 16.5 Å². The monoisotopic (exact) mass is 262 g/mol. The van der Waals surface area contributed by atoms with E-state index in [1.807, 2.05) is 0 Å². The van der Waals surface area contributed by atoms with Crippen molar-refractivity contribution >= 4 is 16.7 Å². The van der Waals surface area contributed by atoms with Crippen molar-refractivity contribution in [1.29, 1.82) is 0 Å². The molecule has 1 amide bonds. The molecule has 0 radical (unpaired) electrons. The molecule has 0 fully saturated rings. The largest absolute Gasteiger partial charge is 0.364 e. The van der Waals surface area contributed by atoms with Crippen molar-refractivity contribution in [3.63, 3.8) is 0 Å². The van der Waals surface area contributed by atoms with Crippen molar-refractivity contribution < 1.29 is 9.00 Å². The first-order chi connectivity index (χ1) is 8.58. The Kier molecular flexibility index (Phi) is 3.42. The summed E-state index contributed by atoms with van der Waals surface area (Å²) in [4.78, 5) is 23.1. The molecule has 0 aromatic carbocycles. The van der Waals surface area contributed by atoms with Crippen LogP contribution in [-0.4, -0.2) is 31.3 Å². The molecule has 2 N–H and O–H groups in total. The Bertz CT molecular complexity index is 583. The van der Waals surface area contributed by atoms with Gasteiger partial charge < -0.3 is 5.73 Å². The number of hydrogen-bond acceptors (Lipinski definition) is 5. The molecular formula is C11H10N4O2S. The first-order valence-electron chi connectivity index (χ1n) is 5.00. The van der Waals surface area contributed by atoms with Crippen LogP contribution in [0.1, 0.15) is 10.5 Å². The highest BCUT2D eigenvalue weighted by atomic mass is 32.2.